The number of carbonyl (C=O) groups is 7. The number of thioether (sulfide) groups is 3. The summed E-state index contributed by atoms with van der Waals surface area (Å²) in [4.78, 5) is 95.7. The lowest BCUT2D eigenvalue weighted by molar-refractivity contribution is -0.170. The van der Waals surface area contributed by atoms with Crippen LogP contribution < -0.4 is 15.9 Å². The highest BCUT2D eigenvalue weighted by molar-refractivity contribution is 7.99. The molecule has 0 aliphatic rings. The van der Waals surface area contributed by atoms with Crippen molar-refractivity contribution in [3.8, 4) is 0 Å². The van der Waals surface area contributed by atoms with Crippen LogP contribution in [0.3, 0.4) is 0 Å². The predicted molar refractivity (Wildman–Crippen MR) is 384 cm³/mol. The number of thiol groups is 1. The van der Waals surface area contributed by atoms with Crippen molar-refractivity contribution in [1.29, 1.82) is 0 Å². The van der Waals surface area contributed by atoms with Crippen LogP contribution in [-0.2, 0) is 82.7 Å². The van der Waals surface area contributed by atoms with Crippen LogP contribution in [0.25, 0.3) is 0 Å². The van der Waals surface area contributed by atoms with Crippen molar-refractivity contribution in [3.05, 3.63) is 194 Å². The number of hydrogen-bond acceptors (Lipinski definition) is 21. The highest BCUT2D eigenvalue weighted by Gasteiger charge is 2.41. The second-order valence-corrected chi connectivity index (χ2v) is 33.3. The van der Waals surface area contributed by atoms with Crippen molar-refractivity contribution in [3.63, 3.8) is 0 Å². The zero-order valence-corrected chi connectivity index (χ0v) is 61.3. The molecule has 0 saturated carbocycles. The van der Waals surface area contributed by atoms with Gasteiger partial charge in [-0.05, 0) is 149 Å². The zero-order chi connectivity index (χ0) is 69.3. The van der Waals surface area contributed by atoms with Gasteiger partial charge in [-0.3, -0.25) is 47.3 Å². The summed E-state index contributed by atoms with van der Waals surface area (Å²) in [5.74, 6) is -0.0331. The van der Waals surface area contributed by atoms with E-state index in [2.05, 4.69) is 12.6 Å². The molecule has 6 rings (SSSR count). The molecule has 0 heterocycles. The summed E-state index contributed by atoms with van der Waals surface area (Å²) in [5, 5.41) is 0.947. The number of esters is 4. The normalized spacial score (nSPS) is 13.9. The lowest BCUT2D eigenvalue weighted by Crippen LogP contribution is -2.44. The van der Waals surface area contributed by atoms with E-state index in [9.17, 15) is 47.3 Å². The molecule has 0 bridgehead atoms. The molecule has 0 aromatic heterocycles. The minimum atomic E-state index is -3.91. The van der Waals surface area contributed by atoms with Crippen LogP contribution in [0.15, 0.2) is 127 Å². The van der Waals surface area contributed by atoms with Crippen molar-refractivity contribution in [1.82, 2.24) is 0 Å². The molecular formula is C71H85O17P3S4. The third-order valence-corrected chi connectivity index (χ3v) is 25.5. The number of benzene rings is 6. The molecule has 24 heteroatoms. The Morgan fingerprint density at radius 1 is 0.379 bits per heavy atom. The topological polar surface area (TPSA) is 235 Å². The Morgan fingerprint density at radius 2 is 0.611 bits per heavy atom. The Labute approximate surface area is 576 Å². The van der Waals surface area contributed by atoms with Gasteiger partial charge in [0, 0.05) is 72.9 Å². The Hall–Kier alpha value is -5.82. The highest BCUT2D eigenvalue weighted by atomic mass is 32.2. The third-order valence-electron chi connectivity index (χ3n) is 15.1. The fourth-order valence-corrected chi connectivity index (χ4v) is 19.6. The fraction of sp³-hybridized carbons (Fsp3) is 0.394. The second kappa shape index (κ2) is 37.8. The van der Waals surface area contributed by atoms with Crippen molar-refractivity contribution in [2.24, 2.45) is 5.41 Å². The number of hydrogen-bond donors (Lipinski definition) is 1. The van der Waals surface area contributed by atoms with Crippen LogP contribution in [0, 0.1) is 47.0 Å². The van der Waals surface area contributed by atoms with E-state index in [1.807, 2.05) is 36.4 Å². The lowest BCUT2D eigenvalue weighted by atomic mass is 9.92. The third kappa shape index (κ3) is 21.6. The second-order valence-electron chi connectivity index (χ2n) is 22.7. The maximum atomic E-state index is 14.2. The average Bonchev–Trinajstić information content (AvgIpc) is 0.855. The molecule has 6 aromatic rings. The van der Waals surface area contributed by atoms with E-state index in [0.29, 0.717) is 101 Å². The highest BCUT2D eigenvalue weighted by Crippen LogP contribution is 2.52. The molecule has 0 fully saturated rings. The minimum Gasteiger partial charge on any atom is -0.465 e. The van der Waals surface area contributed by atoms with Crippen LogP contribution in [0.2, 0.25) is 0 Å². The molecule has 0 aliphatic heterocycles. The summed E-state index contributed by atoms with van der Waals surface area (Å²) < 4.78 is 82.8. The van der Waals surface area contributed by atoms with Gasteiger partial charge in [-0.25, -0.2) is 0 Å². The molecule has 0 aliphatic carbocycles. The van der Waals surface area contributed by atoms with Gasteiger partial charge >= 0.3 is 46.0 Å². The van der Waals surface area contributed by atoms with Gasteiger partial charge in [0.2, 0.25) is 0 Å². The van der Waals surface area contributed by atoms with E-state index in [1.54, 1.807) is 153 Å². The molecule has 95 heavy (non-hydrogen) atoms. The van der Waals surface area contributed by atoms with Gasteiger partial charge in [0.25, 0.3) is 16.6 Å². The van der Waals surface area contributed by atoms with Crippen molar-refractivity contribution in [2.45, 2.75) is 105 Å². The van der Waals surface area contributed by atoms with Gasteiger partial charge in [-0.1, -0.05) is 91.0 Å². The molecule has 510 valence electrons. The van der Waals surface area contributed by atoms with Gasteiger partial charge in [0.05, 0.1) is 45.5 Å². The number of carbonyl (C=O) groups excluding carboxylic acids is 7. The first-order valence-electron chi connectivity index (χ1n) is 31.2. The van der Waals surface area contributed by atoms with Crippen molar-refractivity contribution >= 4 is 126 Å². The van der Waals surface area contributed by atoms with Crippen LogP contribution >= 0.6 is 70.0 Å². The lowest BCUT2D eigenvalue weighted by Gasteiger charge is -2.31. The summed E-state index contributed by atoms with van der Waals surface area (Å²) in [7, 11) is -11.7. The number of ether oxygens (including phenoxy) is 4. The van der Waals surface area contributed by atoms with E-state index >= 15 is 0 Å². The van der Waals surface area contributed by atoms with Gasteiger partial charge in [-0.2, -0.15) is 47.9 Å². The Bertz CT molecular complexity index is 3370. The molecule has 0 N–H and O–H groups in total. The predicted octanol–water partition coefficient (Wildman–Crippen LogP) is 14.6. The summed E-state index contributed by atoms with van der Waals surface area (Å²) >= 11 is 8.50. The van der Waals surface area contributed by atoms with Gasteiger partial charge in [0.1, 0.15) is 31.8 Å². The summed E-state index contributed by atoms with van der Waals surface area (Å²) in [6, 6.07) is 36.4. The van der Waals surface area contributed by atoms with Gasteiger partial charge in [0.15, 0.2) is 0 Å². The van der Waals surface area contributed by atoms with Crippen LogP contribution in [0.1, 0.15) is 128 Å². The van der Waals surface area contributed by atoms with Crippen LogP contribution in [-0.4, -0.2) is 110 Å². The first kappa shape index (κ1) is 78.2. The first-order chi connectivity index (χ1) is 45.4. The Balaban J connectivity index is 1.12. The number of aryl methyl sites for hydroxylation is 6. The van der Waals surface area contributed by atoms with E-state index in [4.69, 9.17) is 32.5 Å². The smallest absolute Gasteiger partial charge is 0.306 e. The Morgan fingerprint density at radius 3 is 0.832 bits per heavy atom. The Kier molecular flexibility index (Phi) is 31.1. The average molecular weight is 1430 g/mol. The molecule has 0 radical (unpaired) electrons. The van der Waals surface area contributed by atoms with Crippen LogP contribution in [0.4, 0.5) is 0 Å². The van der Waals surface area contributed by atoms with E-state index in [1.165, 1.54) is 35.3 Å². The fourth-order valence-electron chi connectivity index (χ4n) is 10.6. The quantitative estimate of drug-likeness (QED) is 0.0124. The number of rotatable bonds is 40. The molecule has 6 aromatic carbocycles. The van der Waals surface area contributed by atoms with E-state index in [-0.39, 0.29) is 51.3 Å². The minimum absolute atomic E-state index is 0.0585. The van der Waals surface area contributed by atoms with Crippen LogP contribution in [0.5, 0.6) is 0 Å². The van der Waals surface area contributed by atoms with Crippen molar-refractivity contribution < 1.29 is 79.8 Å². The van der Waals surface area contributed by atoms with E-state index in [0.717, 1.165) is 16.7 Å². The van der Waals surface area contributed by atoms with E-state index < -0.39 is 94.4 Å². The molecule has 17 nitrogen and oxygen atoms in total. The molecule has 0 spiro atoms. The maximum absolute atomic E-state index is 14.2. The van der Waals surface area contributed by atoms with Gasteiger partial charge < -0.3 is 32.5 Å². The monoisotopic (exact) mass is 1430 g/mol. The molecule has 3 unspecified atom stereocenters. The van der Waals surface area contributed by atoms with Crippen molar-refractivity contribution in [2.75, 3.05) is 69.3 Å². The molecule has 3 atom stereocenters. The SMILES string of the molecule is CCOP(=O)(C(=O)c1c(C)cc(CSCCC(=O)OCC(COC(=O)CCS)(COC(=O)CCSCc2cc(C)c(C(=O)P(=O)(OCC)c3ccccc3)c(C)c2)COC(=O)CCSCc2cc(C)c(C(=O)P(=O)(OCC)c3ccccc3)c(C)c2)cc1C)c1ccccc1. The summed E-state index contributed by atoms with van der Waals surface area (Å²) in [6.07, 6.45) is -0.241. The summed E-state index contributed by atoms with van der Waals surface area (Å²) in [6.45, 7) is 14.1. The van der Waals surface area contributed by atoms with Gasteiger partial charge in [-0.15, -0.1) is 0 Å². The molecule has 0 amide bonds. The first-order valence-corrected chi connectivity index (χ1v) is 40.2. The standard InChI is InChI=1S/C71H85O17P3S4/c1-10-86-89(79,58-22-16-13-17-23-58)68(76)65-49(4)36-55(37-50(65)5)42-93-33-29-62(73)83-46-71(45-82-61(72)28-32-92,47-84-63(74)30-34-94-43-56-38-51(6)66(52(7)39-56)69(77)90(80,87-11-2)59-24-18-14-19-25-59)48-85-64(75)31-35-95-44-57-40-53(8)67(54(9)41-57)70(78)91(81,88-12-3)60-26-20-15-21-27-60/h13-27,36-41,92H,10-12,28-35,42-48H2,1-9H3. The summed E-state index contributed by atoms with van der Waals surface area (Å²) in [5.41, 5.74) is 4.07. The molecule has 0 saturated heterocycles. The largest absolute Gasteiger partial charge is 0.465 e. The zero-order valence-electron chi connectivity index (χ0n) is 55.3. The molecular weight excluding hydrogens is 1350 g/mol. The maximum Gasteiger partial charge on any atom is 0.306 e.